The zero-order valence-corrected chi connectivity index (χ0v) is 17.9. The van der Waals surface area contributed by atoms with Gasteiger partial charge in [-0.15, -0.1) is 22.7 Å². The van der Waals surface area contributed by atoms with Crippen molar-refractivity contribution in [3.63, 3.8) is 0 Å². The number of aromatic nitrogens is 2. The van der Waals surface area contributed by atoms with Crippen molar-refractivity contribution in [2.45, 2.75) is 26.2 Å². The first-order valence-electron chi connectivity index (χ1n) is 9.56. The standard InChI is InChI=1S/C24H18N2OS2/c1-24(2,3)17-11-15(10-14-7-9-28-21(14)17)19-18-16-5-4-13-6-8-29-22(13)20(16)27-23(18)26-12-25-19/h4-12H,1-3H3. The minimum absolute atomic E-state index is 0.0485. The molecule has 0 spiro atoms. The molecule has 142 valence electrons. The molecule has 0 aliphatic heterocycles. The molecule has 0 unspecified atom stereocenters. The lowest BCUT2D eigenvalue weighted by Gasteiger charge is -2.21. The van der Waals surface area contributed by atoms with E-state index in [1.807, 2.05) is 0 Å². The lowest BCUT2D eigenvalue weighted by Crippen LogP contribution is -2.11. The van der Waals surface area contributed by atoms with Crippen LogP contribution in [0.5, 0.6) is 0 Å². The van der Waals surface area contributed by atoms with E-state index >= 15 is 0 Å². The molecule has 0 bridgehead atoms. The fourth-order valence-electron chi connectivity index (χ4n) is 4.09. The number of fused-ring (bicyclic) bond motifs is 6. The van der Waals surface area contributed by atoms with Gasteiger partial charge in [-0.1, -0.05) is 26.8 Å². The van der Waals surface area contributed by atoms with Gasteiger partial charge < -0.3 is 4.42 Å². The Hall–Kier alpha value is -2.76. The summed E-state index contributed by atoms with van der Waals surface area (Å²) in [6.07, 6.45) is 1.61. The van der Waals surface area contributed by atoms with Gasteiger partial charge in [0.2, 0.25) is 5.71 Å². The van der Waals surface area contributed by atoms with Crippen LogP contribution in [0.3, 0.4) is 0 Å². The van der Waals surface area contributed by atoms with Crippen molar-refractivity contribution in [1.82, 2.24) is 9.97 Å². The molecule has 0 N–H and O–H groups in total. The van der Waals surface area contributed by atoms with E-state index in [1.54, 1.807) is 29.0 Å². The number of thiophene rings is 2. The van der Waals surface area contributed by atoms with E-state index in [0.29, 0.717) is 5.71 Å². The summed E-state index contributed by atoms with van der Waals surface area (Å²) in [4.78, 5) is 9.17. The summed E-state index contributed by atoms with van der Waals surface area (Å²) in [5.41, 5.74) is 4.99. The third kappa shape index (κ3) is 2.47. The van der Waals surface area contributed by atoms with Gasteiger partial charge in [0.25, 0.3) is 0 Å². The Kier molecular flexibility index (Phi) is 3.47. The lowest BCUT2D eigenvalue weighted by molar-refractivity contribution is 0.597. The summed E-state index contributed by atoms with van der Waals surface area (Å²) >= 11 is 3.51. The Bertz CT molecular complexity index is 1550. The van der Waals surface area contributed by atoms with Gasteiger partial charge in [0.15, 0.2) is 5.58 Å². The quantitative estimate of drug-likeness (QED) is 0.276. The van der Waals surface area contributed by atoms with Crippen LogP contribution in [-0.2, 0) is 5.41 Å². The van der Waals surface area contributed by atoms with Crippen LogP contribution in [0.25, 0.3) is 53.5 Å². The van der Waals surface area contributed by atoms with Crippen LogP contribution in [0.2, 0.25) is 0 Å². The molecule has 2 aromatic carbocycles. The predicted molar refractivity (Wildman–Crippen MR) is 124 cm³/mol. The lowest BCUT2D eigenvalue weighted by atomic mass is 9.85. The second-order valence-electron chi connectivity index (χ2n) is 8.40. The maximum Gasteiger partial charge on any atom is 0.231 e. The van der Waals surface area contributed by atoms with Crippen LogP contribution in [-0.4, -0.2) is 9.97 Å². The molecule has 0 atom stereocenters. The van der Waals surface area contributed by atoms with Crippen LogP contribution in [0.4, 0.5) is 0 Å². The number of nitrogens with zero attached hydrogens (tertiary/aromatic N) is 2. The summed E-state index contributed by atoms with van der Waals surface area (Å²) in [7, 11) is 0. The first kappa shape index (κ1) is 17.1. The van der Waals surface area contributed by atoms with Crippen LogP contribution in [0.1, 0.15) is 26.3 Å². The van der Waals surface area contributed by atoms with Crippen molar-refractivity contribution in [3.05, 3.63) is 59.0 Å². The molecule has 6 rings (SSSR count). The van der Waals surface area contributed by atoms with Gasteiger partial charge in [-0.25, -0.2) is 9.97 Å². The Morgan fingerprint density at radius 2 is 1.66 bits per heavy atom. The zero-order valence-electron chi connectivity index (χ0n) is 16.3. The Labute approximate surface area is 175 Å². The Morgan fingerprint density at radius 1 is 0.862 bits per heavy atom. The normalized spacial score (nSPS) is 12.7. The number of furan rings is 1. The van der Waals surface area contributed by atoms with E-state index < -0.39 is 0 Å². The first-order valence-corrected chi connectivity index (χ1v) is 11.3. The summed E-state index contributed by atoms with van der Waals surface area (Å²) in [6, 6.07) is 13.1. The van der Waals surface area contributed by atoms with Gasteiger partial charge in [0.1, 0.15) is 6.33 Å². The minimum Gasteiger partial charge on any atom is -0.436 e. The van der Waals surface area contributed by atoms with E-state index in [-0.39, 0.29) is 5.41 Å². The van der Waals surface area contributed by atoms with Gasteiger partial charge in [-0.3, -0.25) is 0 Å². The predicted octanol–water partition coefficient (Wildman–Crippen LogP) is 7.77. The average Bonchev–Trinajstić information content (AvgIpc) is 3.42. The SMILES string of the molecule is CC(C)(C)c1cc(-c2ncnc3oc4c(ccc5ccsc54)c23)cc2ccsc12. The smallest absolute Gasteiger partial charge is 0.231 e. The van der Waals surface area contributed by atoms with Gasteiger partial charge in [0.05, 0.1) is 15.8 Å². The summed E-state index contributed by atoms with van der Waals surface area (Å²) < 4.78 is 8.73. The van der Waals surface area contributed by atoms with Gasteiger partial charge >= 0.3 is 0 Å². The molecule has 5 heteroatoms. The molecule has 0 radical (unpaired) electrons. The van der Waals surface area contributed by atoms with E-state index in [4.69, 9.17) is 9.40 Å². The third-order valence-corrected chi connectivity index (χ3v) is 7.38. The summed E-state index contributed by atoms with van der Waals surface area (Å²) in [5, 5.41) is 8.80. The molecule has 0 amide bonds. The van der Waals surface area contributed by atoms with E-state index in [9.17, 15) is 0 Å². The number of hydrogen-bond acceptors (Lipinski definition) is 5. The van der Waals surface area contributed by atoms with Crippen molar-refractivity contribution < 1.29 is 4.42 Å². The fraction of sp³-hybridized carbons (Fsp3) is 0.167. The molecule has 0 aliphatic carbocycles. The fourth-order valence-corrected chi connectivity index (χ4v) is 6.07. The zero-order chi connectivity index (χ0) is 19.8. The number of rotatable bonds is 1. The second kappa shape index (κ2) is 5.88. The van der Waals surface area contributed by atoms with E-state index in [1.165, 1.54) is 21.0 Å². The highest BCUT2D eigenvalue weighted by atomic mass is 32.1. The molecule has 0 saturated carbocycles. The molecule has 0 aliphatic rings. The highest BCUT2D eigenvalue weighted by Crippen LogP contribution is 2.42. The van der Waals surface area contributed by atoms with E-state index in [2.05, 4.69) is 72.9 Å². The molecule has 3 nitrogen and oxygen atoms in total. The van der Waals surface area contributed by atoms with Crippen molar-refractivity contribution in [2.24, 2.45) is 0 Å². The molecule has 4 aromatic heterocycles. The molecule has 6 aromatic rings. The van der Waals surface area contributed by atoms with E-state index in [0.717, 1.165) is 32.3 Å². The topological polar surface area (TPSA) is 38.9 Å². The maximum atomic E-state index is 6.22. The van der Waals surface area contributed by atoms with Crippen LogP contribution < -0.4 is 0 Å². The van der Waals surface area contributed by atoms with Crippen molar-refractivity contribution >= 4 is 64.9 Å². The molecule has 0 fully saturated rings. The molecular weight excluding hydrogens is 396 g/mol. The van der Waals surface area contributed by atoms with Crippen LogP contribution >= 0.6 is 22.7 Å². The Balaban J connectivity index is 1.73. The van der Waals surface area contributed by atoms with Crippen LogP contribution in [0.15, 0.2) is 57.9 Å². The highest BCUT2D eigenvalue weighted by Gasteiger charge is 2.22. The third-order valence-electron chi connectivity index (χ3n) is 5.49. The summed E-state index contributed by atoms with van der Waals surface area (Å²) in [6.45, 7) is 6.80. The molecular formula is C24H18N2OS2. The monoisotopic (exact) mass is 414 g/mol. The minimum atomic E-state index is 0.0485. The first-order chi connectivity index (χ1) is 14.0. The van der Waals surface area contributed by atoms with Gasteiger partial charge in [-0.2, -0.15) is 0 Å². The molecule has 4 heterocycles. The number of benzene rings is 2. The van der Waals surface area contributed by atoms with Crippen molar-refractivity contribution in [3.8, 4) is 11.3 Å². The maximum absolute atomic E-state index is 6.22. The van der Waals surface area contributed by atoms with Crippen molar-refractivity contribution in [2.75, 3.05) is 0 Å². The van der Waals surface area contributed by atoms with Crippen molar-refractivity contribution in [1.29, 1.82) is 0 Å². The molecule has 29 heavy (non-hydrogen) atoms. The van der Waals surface area contributed by atoms with Gasteiger partial charge in [-0.05, 0) is 62.8 Å². The highest BCUT2D eigenvalue weighted by molar-refractivity contribution is 7.18. The Morgan fingerprint density at radius 3 is 2.48 bits per heavy atom. The number of hydrogen-bond donors (Lipinski definition) is 0. The van der Waals surface area contributed by atoms with Gasteiger partial charge in [0, 0.05) is 15.6 Å². The summed E-state index contributed by atoms with van der Waals surface area (Å²) in [5.74, 6) is 0. The second-order valence-corrected chi connectivity index (χ2v) is 10.2. The average molecular weight is 415 g/mol. The van der Waals surface area contributed by atoms with Crippen LogP contribution in [0, 0.1) is 0 Å². The largest absolute Gasteiger partial charge is 0.436 e. The molecule has 0 saturated heterocycles.